The molecule has 0 saturated carbocycles. The van der Waals surface area contributed by atoms with Crippen LogP contribution in [0.4, 0.5) is 5.13 Å². The summed E-state index contributed by atoms with van der Waals surface area (Å²) in [6.07, 6.45) is 0. The number of nitrogens with zero attached hydrogens (tertiary/aromatic N) is 3. The molecule has 2 aromatic rings. The lowest BCUT2D eigenvalue weighted by Gasteiger charge is -2.06. The highest BCUT2D eigenvalue weighted by Gasteiger charge is 2.23. The third-order valence-electron chi connectivity index (χ3n) is 2.72. The van der Waals surface area contributed by atoms with Crippen molar-refractivity contribution in [3.05, 3.63) is 35.4 Å². The predicted molar refractivity (Wildman–Crippen MR) is 79.9 cm³/mol. The summed E-state index contributed by atoms with van der Waals surface area (Å²) in [5.41, 5.74) is 1.32. The van der Waals surface area contributed by atoms with Crippen LogP contribution in [0.2, 0.25) is 0 Å². The molecule has 1 heterocycles. The monoisotopic (exact) mass is 326 g/mol. The molecule has 0 bridgehead atoms. The van der Waals surface area contributed by atoms with Gasteiger partial charge in [0, 0.05) is 19.7 Å². The summed E-state index contributed by atoms with van der Waals surface area (Å²) in [4.78, 5) is 12.1. The van der Waals surface area contributed by atoms with E-state index in [1.165, 1.54) is 14.1 Å². The number of sulfonamides is 1. The molecule has 0 aliphatic carbocycles. The fourth-order valence-corrected chi connectivity index (χ4v) is 3.55. The fourth-order valence-electron chi connectivity index (χ4n) is 1.51. The van der Waals surface area contributed by atoms with Gasteiger partial charge in [-0.05, 0) is 18.6 Å². The molecule has 7 nitrogen and oxygen atoms in total. The molecule has 9 heteroatoms. The normalized spacial score (nSPS) is 11.6. The number of hydrogen-bond acceptors (Lipinski definition) is 6. The first kappa shape index (κ1) is 15.5. The molecule has 2 rings (SSSR count). The minimum absolute atomic E-state index is 0.142. The Morgan fingerprint density at radius 1 is 1.24 bits per heavy atom. The molecule has 1 amide bonds. The van der Waals surface area contributed by atoms with Crippen molar-refractivity contribution in [2.75, 3.05) is 19.4 Å². The van der Waals surface area contributed by atoms with E-state index in [-0.39, 0.29) is 15.4 Å². The van der Waals surface area contributed by atoms with Crippen molar-refractivity contribution in [2.24, 2.45) is 0 Å². The SMILES string of the molecule is Cc1ccccc1C(=O)Nc1nnc(S(=O)(=O)N(C)C)s1. The lowest BCUT2D eigenvalue weighted by molar-refractivity contribution is 0.102. The van der Waals surface area contributed by atoms with Crippen molar-refractivity contribution >= 4 is 32.4 Å². The number of hydrogen-bond donors (Lipinski definition) is 1. The minimum atomic E-state index is -3.64. The molecule has 1 aromatic heterocycles. The largest absolute Gasteiger partial charge is 0.296 e. The topological polar surface area (TPSA) is 92.3 Å². The summed E-state index contributed by atoms with van der Waals surface area (Å²) in [7, 11) is -0.828. The summed E-state index contributed by atoms with van der Waals surface area (Å²) >= 11 is 0.813. The summed E-state index contributed by atoms with van der Waals surface area (Å²) in [5.74, 6) is -0.349. The fraction of sp³-hybridized carbons (Fsp3) is 0.250. The molecule has 0 radical (unpaired) electrons. The zero-order chi connectivity index (χ0) is 15.6. The smallest absolute Gasteiger partial charge is 0.271 e. The second-order valence-electron chi connectivity index (χ2n) is 4.43. The maximum Gasteiger partial charge on any atom is 0.271 e. The maximum atomic E-state index is 12.1. The average Bonchev–Trinajstić information content (AvgIpc) is 2.88. The van der Waals surface area contributed by atoms with Crippen LogP contribution in [0.15, 0.2) is 28.6 Å². The van der Waals surface area contributed by atoms with Crippen LogP contribution >= 0.6 is 11.3 Å². The van der Waals surface area contributed by atoms with Crippen molar-refractivity contribution in [1.82, 2.24) is 14.5 Å². The lowest BCUT2D eigenvalue weighted by Crippen LogP contribution is -2.22. The third-order valence-corrected chi connectivity index (χ3v) is 5.72. The Kier molecular flexibility index (Phi) is 4.35. The Hall–Kier alpha value is -1.84. The molecule has 0 spiro atoms. The number of aryl methyl sites for hydroxylation is 1. The van der Waals surface area contributed by atoms with Gasteiger partial charge in [-0.25, -0.2) is 12.7 Å². The minimum Gasteiger partial charge on any atom is -0.296 e. The highest BCUT2D eigenvalue weighted by molar-refractivity contribution is 7.91. The summed E-state index contributed by atoms with van der Waals surface area (Å²) in [6.45, 7) is 1.82. The van der Waals surface area contributed by atoms with E-state index in [9.17, 15) is 13.2 Å². The van der Waals surface area contributed by atoms with Crippen LogP contribution in [0.25, 0.3) is 0 Å². The van der Waals surface area contributed by atoms with Crippen molar-refractivity contribution < 1.29 is 13.2 Å². The Bertz CT molecular complexity index is 768. The van der Waals surface area contributed by atoms with Gasteiger partial charge >= 0.3 is 0 Å². The van der Waals surface area contributed by atoms with Crippen LogP contribution in [0.3, 0.4) is 0 Å². The van der Waals surface area contributed by atoms with Crippen LogP contribution in [0, 0.1) is 6.92 Å². The molecule has 0 aliphatic heterocycles. The van der Waals surface area contributed by atoms with Gasteiger partial charge in [-0.1, -0.05) is 29.5 Å². The van der Waals surface area contributed by atoms with Crippen LogP contribution in [0.5, 0.6) is 0 Å². The predicted octanol–water partition coefficient (Wildman–Crippen LogP) is 1.35. The number of benzene rings is 1. The Morgan fingerprint density at radius 3 is 2.52 bits per heavy atom. The number of amides is 1. The van der Waals surface area contributed by atoms with E-state index >= 15 is 0 Å². The number of anilines is 1. The van der Waals surface area contributed by atoms with Gasteiger partial charge in [-0.2, -0.15) is 0 Å². The molecule has 0 unspecified atom stereocenters. The van der Waals surface area contributed by atoms with Crippen molar-refractivity contribution in [2.45, 2.75) is 11.3 Å². The van der Waals surface area contributed by atoms with E-state index in [1.54, 1.807) is 12.1 Å². The van der Waals surface area contributed by atoms with Crippen molar-refractivity contribution in [3.8, 4) is 0 Å². The molecule has 0 atom stereocenters. The number of aromatic nitrogens is 2. The standard InChI is InChI=1S/C12H14N4O3S2/c1-8-6-4-5-7-9(8)10(17)13-11-14-15-12(20-11)21(18,19)16(2)3/h4-7H,1-3H3,(H,13,14,17). The zero-order valence-corrected chi connectivity index (χ0v) is 13.3. The second kappa shape index (κ2) is 5.88. The van der Waals surface area contributed by atoms with Gasteiger partial charge in [0.2, 0.25) is 9.47 Å². The van der Waals surface area contributed by atoms with Gasteiger partial charge < -0.3 is 0 Å². The first-order valence-electron chi connectivity index (χ1n) is 5.95. The molecule has 0 fully saturated rings. The molecular weight excluding hydrogens is 312 g/mol. The Labute approximate surface area is 126 Å². The van der Waals surface area contributed by atoms with E-state index in [0.717, 1.165) is 21.2 Å². The Balaban J connectivity index is 2.21. The van der Waals surface area contributed by atoms with E-state index in [2.05, 4.69) is 15.5 Å². The number of carbonyl (C=O) groups is 1. The first-order chi connectivity index (χ1) is 9.82. The van der Waals surface area contributed by atoms with E-state index in [4.69, 9.17) is 0 Å². The summed E-state index contributed by atoms with van der Waals surface area (Å²) < 4.78 is 24.6. The van der Waals surface area contributed by atoms with Gasteiger partial charge in [0.15, 0.2) is 0 Å². The summed E-state index contributed by atoms with van der Waals surface area (Å²) in [6, 6.07) is 7.09. The molecule has 1 N–H and O–H groups in total. The highest BCUT2D eigenvalue weighted by atomic mass is 32.2. The Morgan fingerprint density at radius 2 is 1.90 bits per heavy atom. The molecule has 0 aliphatic rings. The molecule has 112 valence electrons. The maximum absolute atomic E-state index is 12.1. The van der Waals surface area contributed by atoms with Crippen LogP contribution < -0.4 is 5.32 Å². The molecule has 21 heavy (non-hydrogen) atoms. The average molecular weight is 326 g/mol. The first-order valence-corrected chi connectivity index (χ1v) is 8.21. The molecule has 1 aromatic carbocycles. The van der Waals surface area contributed by atoms with Gasteiger partial charge in [-0.3, -0.25) is 10.1 Å². The van der Waals surface area contributed by atoms with Crippen molar-refractivity contribution in [1.29, 1.82) is 0 Å². The van der Waals surface area contributed by atoms with Gasteiger partial charge in [0.05, 0.1) is 0 Å². The number of nitrogens with one attached hydrogen (secondary N) is 1. The number of rotatable bonds is 4. The van der Waals surface area contributed by atoms with Gasteiger partial charge in [0.1, 0.15) is 0 Å². The van der Waals surface area contributed by atoms with Crippen LogP contribution in [-0.4, -0.2) is 42.9 Å². The second-order valence-corrected chi connectivity index (χ2v) is 7.73. The third kappa shape index (κ3) is 3.26. The number of carbonyl (C=O) groups excluding carboxylic acids is 1. The quantitative estimate of drug-likeness (QED) is 0.856. The molecule has 0 saturated heterocycles. The van der Waals surface area contributed by atoms with Gasteiger partial charge in [0.25, 0.3) is 15.9 Å². The van der Waals surface area contributed by atoms with Crippen LogP contribution in [-0.2, 0) is 10.0 Å². The highest BCUT2D eigenvalue weighted by Crippen LogP contribution is 2.22. The molecular formula is C12H14N4O3S2. The van der Waals surface area contributed by atoms with E-state index < -0.39 is 10.0 Å². The van der Waals surface area contributed by atoms with Gasteiger partial charge in [-0.15, -0.1) is 10.2 Å². The zero-order valence-electron chi connectivity index (χ0n) is 11.7. The van der Waals surface area contributed by atoms with E-state index in [0.29, 0.717) is 5.56 Å². The van der Waals surface area contributed by atoms with Crippen LogP contribution in [0.1, 0.15) is 15.9 Å². The van der Waals surface area contributed by atoms with Crippen molar-refractivity contribution in [3.63, 3.8) is 0 Å². The lowest BCUT2D eigenvalue weighted by atomic mass is 10.1. The van der Waals surface area contributed by atoms with E-state index in [1.807, 2.05) is 19.1 Å². The summed E-state index contributed by atoms with van der Waals surface area (Å²) in [5, 5.41) is 9.99.